The molecular weight excluding hydrogens is 939 g/mol. The lowest BCUT2D eigenvalue weighted by Crippen LogP contribution is -2.59. The zero-order chi connectivity index (χ0) is 52.8. The Morgan fingerprint density at radius 3 is 1.38 bits per heavy atom. The van der Waals surface area contributed by atoms with Crippen LogP contribution in [-0.2, 0) is 64.0 Å². The zero-order valence-corrected chi connectivity index (χ0v) is 41.2. The summed E-state index contributed by atoms with van der Waals surface area (Å²) in [5.41, 5.74) is 5.79. The summed E-state index contributed by atoms with van der Waals surface area (Å²) in [6, 6.07) is 44.3. The van der Waals surface area contributed by atoms with E-state index >= 15 is 0 Å². The Balaban J connectivity index is 1.21. The first kappa shape index (κ1) is 54.4. The van der Waals surface area contributed by atoms with Crippen molar-refractivity contribution in [1.82, 2.24) is 26.6 Å². The SMILES string of the molecule is CC(=O)Nc1ccc(C[C@H](NC(=O)[C@H](C)NC(=O)[C@@H](Cc2ccccc2)NC(=O)[C@H](Cc2ccc(-c3ccccc3)cc2)NC(=O)[C@@H](CCc2ccccc2)NC(=O)CCC(=O)Nc2ccccc2)C(=O)O)cc1. The molecule has 8 N–H and O–H groups in total. The molecule has 0 spiro atoms. The Bertz CT molecular complexity index is 2830. The highest BCUT2D eigenvalue weighted by Crippen LogP contribution is 2.20. The lowest BCUT2D eigenvalue weighted by atomic mass is 9.98. The minimum absolute atomic E-state index is 0.0287. The fourth-order valence-corrected chi connectivity index (χ4v) is 8.02. The van der Waals surface area contributed by atoms with Crippen LogP contribution in [-0.4, -0.2) is 82.6 Å². The maximum Gasteiger partial charge on any atom is 0.326 e. The Morgan fingerprint density at radius 2 is 0.824 bits per heavy atom. The van der Waals surface area contributed by atoms with Crippen molar-refractivity contribution in [3.05, 3.63) is 192 Å². The van der Waals surface area contributed by atoms with Crippen molar-refractivity contribution in [2.75, 3.05) is 10.6 Å². The van der Waals surface area contributed by atoms with Gasteiger partial charge in [0.25, 0.3) is 0 Å². The number of carboxylic acid groups (broad SMARTS) is 1. The number of aryl methyl sites for hydroxylation is 1. The second-order valence-corrected chi connectivity index (χ2v) is 17.8. The number of amides is 7. The van der Waals surface area contributed by atoms with E-state index in [1.807, 2.05) is 91.0 Å². The Hall–Kier alpha value is -8.92. The molecule has 6 aromatic carbocycles. The summed E-state index contributed by atoms with van der Waals surface area (Å²) in [7, 11) is 0. The molecule has 0 saturated carbocycles. The number of anilines is 2. The van der Waals surface area contributed by atoms with Gasteiger partial charge in [-0.15, -0.1) is 0 Å². The van der Waals surface area contributed by atoms with E-state index in [-0.39, 0.29) is 50.3 Å². The molecule has 0 aliphatic heterocycles. The van der Waals surface area contributed by atoms with Gasteiger partial charge in [0.1, 0.15) is 30.2 Å². The van der Waals surface area contributed by atoms with Crippen molar-refractivity contribution in [1.29, 1.82) is 0 Å². The highest BCUT2D eigenvalue weighted by Gasteiger charge is 2.32. The highest BCUT2D eigenvalue weighted by atomic mass is 16.4. The molecule has 6 rings (SSSR count). The molecule has 0 bridgehead atoms. The maximum absolute atomic E-state index is 14.7. The van der Waals surface area contributed by atoms with Crippen LogP contribution in [0.2, 0.25) is 0 Å². The van der Waals surface area contributed by atoms with E-state index in [0.29, 0.717) is 34.5 Å². The lowest BCUT2D eigenvalue weighted by Gasteiger charge is -2.26. The number of carbonyl (C=O) groups is 8. The molecule has 6 aromatic rings. The predicted octanol–water partition coefficient (Wildman–Crippen LogP) is 5.92. The van der Waals surface area contributed by atoms with E-state index in [0.717, 1.165) is 16.7 Å². The van der Waals surface area contributed by atoms with Crippen LogP contribution >= 0.6 is 0 Å². The topological polar surface area (TPSA) is 241 Å². The third-order valence-corrected chi connectivity index (χ3v) is 12.0. The average molecular weight is 1000 g/mol. The van der Waals surface area contributed by atoms with E-state index < -0.39 is 65.7 Å². The van der Waals surface area contributed by atoms with E-state index in [9.17, 15) is 43.5 Å². The fraction of sp³-hybridized carbons (Fsp3) is 0.241. The van der Waals surface area contributed by atoms with Crippen LogP contribution in [0.5, 0.6) is 0 Å². The van der Waals surface area contributed by atoms with Crippen LogP contribution in [0.25, 0.3) is 11.1 Å². The first-order chi connectivity index (χ1) is 35.7. The van der Waals surface area contributed by atoms with Gasteiger partial charge in [0.15, 0.2) is 0 Å². The highest BCUT2D eigenvalue weighted by molar-refractivity contribution is 5.97. The van der Waals surface area contributed by atoms with E-state index in [1.54, 1.807) is 78.9 Å². The van der Waals surface area contributed by atoms with Crippen molar-refractivity contribution >= 4 is 58.7 Å². The van der Waals surface area contributed by atoms with Crippen molar-refractivity contribution in [3.8, 4) is 11.1 Å². The quantitative estimate of drug-likeness (QED) is 0.0339. The summed E-state index contributed by atoms with van der Waals surface area (Å²) in [5.74, 6) is -5.48. The van der Waals surface area contributed by atoms with Gasteiger partial charge in [-0.1, -0.05) is 146 Å². The molecule has 382 valence electrons. The number of hydrogen-bond donors (Lipinski definition) is 8. The van der Waals surface area contributed by atoms with Gasteiger partial charge in [0.05, 0.1) is 0 Å². The number of benzene rings is 6. The number of carboxylic acids is 1. The van der Waals surface area contributed by atoms with Crippen LogP contribution in [0.4, 0.5) is 11.4 Å². The molecule has 0 aliphatic rings. The molecule has 0 fully saturated rings. The fourth-order valence-electron chi connectivity index (χ4n) is 8.02. The molecular formula is C58H61N7O9. The number of rotatable bonds is 25. The third kappa shape index (κ3) is 17.7. The summed E-state index contributed by atoms with van der Waals surface area (Å²) in [6.45, 7) is 2.75. The van der Waals surface area contributed by atoms with Gasteiger partial charge < -0.3 is 42.3 Å². The van der Waals surface area contributed by atoms with Crippen molar-refractivity contribution in [2.24, 2.45) is 0 Å². The number of aliphatic carboxylic acids is 1. The largest absolute Gasteiger partial charge is 0.480 e. The minimum atomic E-state index is -1.38. The normalized spacial score (nSPS) is 12.8. The van der Waals surface area contributed by atoms with E-state index in [4.69, 9.17) is 0 Å². The molecule has 0 heterocycles. The first-order valence-electron chi connectivity index (χ1n) is 24.4. The van der Waals surface area contributed by atoms with Gasteiger partial charge in [-0.2, -0.15) is 0 Å². The molecule has 16 nitrogen and oxygen atoms in total. The van der Waals surface area contributed by atoms with Gasteiger partial charge >= 0.3 is 5.97 Å². The van der Waals surface area contributed by atoms with Crippen LogP contribution in [0.15, 0.2) is 170 Å². The van der Waals surface area contributed by atoms with E-state index in [2.05, 4.69) is 37.2 Å². The molecule has 5 atom stereocenters. The molecule has 0 unspecified atom stereocenters. The number of carbonyl (C=O) groups excluding carboxylic acids is 7. The van der Waals surface area contributed by atoms with Gasteiger partial charge in [0.2, 0.25) is 41.4 Å². The average Bonchev–Trinajstić information content (AvgIpc) is 3.40. The minimum Gasteiger partial charge on any atom is -0.480 e. The Kier molecular flexibility index (Phi) is 20.3. The van der Waals surface area contributed by atoms with Crippen LogP contribution in [0.3, 0.4) is 0 Å². The lowest BCUT2D eigenvalue weighted by molar-refractivity contribution is -0.142. The van der Waals surface area contributed by atoms with Crippen molar-refractivity contribution in [2.45, 2.75) is 89.0 Å². The Morgan fingerprint density at radius 1 is 0.405 bits per heavy atom. The van der Waals surface area contributed by atoms with Crippen LogP contribution in [0, 0.1) is 0 Å². The third-order valence-electron chi connectivity index (χ3n) is 12.0. The second-order valence-electron chi connectivity index (χ2n) is 17.8. The summed E-state index contributed by atoms with van der Waals surface area (Å²) in [5, 5.41) is 29.0. The van der Waals surface area contributed by atoms with Gasteiger partial charge in [-0.3, -0.25) is 33.6 Å². The zero-order valence-electron chi connectivity index (χ0n) is 41.2. The molecule has 7 amide bonds. The van der Waals surface area contributed by atoms with E-state index in [1.165, 1.54) is 13.8 Å². The standard InChI is InChI=1S/C58H61N7O9/c1-38(54(69)65-51(58(73)74)37-43-25-30-47(31-26-43)60-39(2)66)59-56(71)49(35-41-17-9-4-10-18-41)64-57(72)50(36-42-23-28-45(29-24-42)44-19-11-5-12-20-44)63-55(70)48(32-27-40-15-7-3-8-16-40)62-53(68)34-33-52(67)61-46-21-13-6-14-22-46/h3-26,28-31,38,48-51H,27,32-37H2,1-2H3,(H,59,71)(H,60,66)(H,61,67)(H,62,68)(H,63,70)(H,64,72)(H,65,69)(H,73,74)/t38-,48+,49+,50-,51-/m0/s1. The second kappa shape index (κ2) is 27.6. The molecule has 74 heavy (non-hydrogen) atoms. The maximum atomic E-state index is 14.7. The number of nitrogens with one attached hydrogen (secondary N) is 7. The van der Waals surface area contributed by atoms with Crippen molar-refractivity contribution < 1.29 is 43.5 Å². The van der Waals surface area contributed by atoms with Crippen molar-refractivity contribution in [3.63, 3.8) is 0 Å². The molecule has 0 aromatic heterocycles. The molecule has 16 heteroatoms. The van der Waals surface area contributed by atoms with Gasteiger partial charge in [-0.25, -0.2) is 4.79 Å². The van der Waals surface area contributed by atoms with Gasteiger partial charge in [0, 0.05) is 50.4 Å². The summed E-state index contributed by atoms with van der Waals surface area (Å²) in [4.78, 5) is 107. The molecule has 0 aliphatic carbocycles. The first-order valence-corrected chi connectivity index (χ1v) is 24.4. The summed E-state index contributed by atoms with van der Waals surface area (Å²) in [6.07, 6.45) is 0.000226. The van der Waals surface area contributed by atoms with Crippen LogP contribution < -0.4 is 37.2 Å². The smallest absolute Gasteiger partial charge is 0.326 e. The number of hydrogen-bond acceptors (Lipinski definition) is 8. The summed E-state index contributed by atoms with van der Waals surface area (Å²) >= 11 is 0. The monoisotopic (exact) mass is 999 g/mol. The molecule has 0 radical (unpaired) electrons. The molecule has 0 saturated heterocycles. The summed E-state index contributed by atoms with van der Waals surface area (Å²) < 4.78 is 0. The predicted molar refractivity (Wildman–Crippen MR) is 282 cm³/mol. The van der Waals surface area contributed by atoms with Crippen LogP contribution in [0.1, 0.15) is 55.4 Å². The van der Waals surface area contributed by atoms with Gasteiger partial charge in [-0.05, 0) is 77.4 Å². The Labute approximate surface area is 430 Å². The number of para-hydroxylation sites is 1.